The lowest BCUT2D eigenvalue weighted by Gasteiger charge is -2.26. The maximum absolute atomic E-state index is 6.59. The van der Waals surface area contributed by atoms with Crippen molar-refractivity contribution >= 4 is 82.5 Å². The van der Waals surface area contributed by atoms with Crippen LogP contribution in [0.5, 0.6) is 0 Å². The van der Waals surface area contributed by atoms with Gasteiger partial charge in [0.15, 0.2) is 0 Å². The van der Waals surface area contributed by atoms with Crippen LogP contribution < -0.4 is 4.90 Å². The van der Waals surface area contributed by atoms with Crippen LogP contribution >= 0.6 is 11.3 Å². The van der Waals surface area contributed by atoms with E-state index < -0.39 is 0 Å². The Morgan fingerprint density at radius 1 is 0.426 bits per heavy atom. The van der Waals surface area contributed by atoms with Gasteiger partial charge < -0.3 is 13.7 Å². The molecule has 254 valence electrons. The molecule has 3 heterocycles. The van der Waals surface area contributed by atoms with Crippen molar-refractivity contribution in [2.75, 3.05) is 4.90 Å². The first-order valence-corrected chi connectivity index (χ1v) is 18.8. The first-order chi connectivity index (χ1) is 26.7. The van der Waals surface area contributed by atoms with Gasteiger partial charge in [0.25, 0.3) is 0 Å². The predicted octanol–water partition coefficient (Wildman–Crippen LogP) is 14.6. The summed E-state index contributed by atoms with van der Waals surface area (Å²) < 4.78 is 14.1. The van der Waals surface area contributed by atoms with Gasteiger partial charge in [-0.2, -0.15) is 0 Å². The van der Waals surface area contributed by atoms with Crippen molar-refractivity contribution in [2.45, 2.75) is 0 Å². The summed E-state index contributed by atoms with van der Waals surface area (Å²) in [6, 6.07) is 63.7. The average molecular weight is 711 g/mol. The molecule has 11 aromatic rings. The standard InChI is InChI=1S/C49H30N2O2S/c1-3-10-31(11-4-1)32-18-22-35(23-19-32)51(36-24-20-33(21-25-36)38-15-9-16-40-39-14-7-8-17-42(39)53-48(38)40)37-26-27-41-44(30-37)52-43-28-29-45-47(46(41)43)50-49(54-45)34-12-5-2-6-13-34/h1-30H. The largest absolute Gasteiger partial charge is 0.456 e. The molecule has 0 spiro atoms. The van der Waals surface area contributed by atoms with E-state index in [9.17, 15) is 0 Å². The van der Waals surface area contributed by atoms with E-state index in [4.69, 9.17) is 13.8 Å². The van der Waals surface area contributed by atoms with E-state index in [1.165, 1.54) is 11.1 Å². The fourth-order valence-electron chi connectivity index (χ4n) is 7.73. The van der Waals surface area contributed by atoms with E-state index in [1.54, 1.807) is 11.3 Å². The minimum atomic E-state index is 0.823. The summed E-state index contributed by atoms with van der Waals surface area (Å²) in [5, 5.41) is 5.37. The highest BCUT2D eigenvalue weighted by Gasteiger charge is 2.19. The van der Waals surface area contributed by atoms with Gasteiger partial charge in [0, 0.05) is 50.4 Å². The Hall–Kier alpha value is -6.95. The maximum Gasteiger partial charge on any atom is 0.143 e. The molecule has 0 bridgehead atoms. The lowest BCUT2D eigenvalue weighted by Crippen LogP contribution is -2.09. The minimum Gasteiger partial charge on any atom is -0.456 e. The van der Waals surface area contributed by atoms with Crippen LogP contribution in [0, 0.1) is 0 Å². The third-order valence-electron chi connectivity index (χ3n) is 10.3. The Morgan fingerprint density at radius 3 is 1.85 bits per heavy atom. The number of para-hydroxylation sites is 2. The Bertz CT molecular complexity index is 3140. The average Bonchev–Trinajstić information content (AvgIpc) is 3.95. The molecule has 0 amide bonds. The molecule has 0 fully saturated rings. The fourth-order valence-corrected chi connectivity index (χ4v) is 8.71. The molecule has 11 rings (SSSR count). The number of furan rings is 2. The molecule has 0 aliphatic rings. The Balaban J connectivity index is 1.03. The summed E-state index contributed by atoms with van der Waals surface area (Å²) in [5.74, 6) is 0. The molecule has 0 radical (unpaired) electrons. The monoisotopic (exact) mass is 710 g/mol. The molecule has 0 atom stereocenters. The second-order valence-corrected chi connectivity index (χ2v) is 14.6. The van der Waals surface area contributed by atoms with Crippen molar-refractivity contribution in [1.82, 2.24) is 4.98 Å². The number of nitrogens with zero attached hydrogens (tertiary/aromatic N) is 2. The van der Waals surface area contributed by atoms with Gasteiger partial charge in [-0.1, -0.05) is 121 Å². The van der Waals surface area contributed by atoms with Crippen molar-refractivity contribution < 1.29 is 8.83 Å². The van der Waals surface area contributed by atoms with Crippen LogP contribution in [0.4, 0.5) is 17.1 Å². The summed E-state index contributed by atoms with van der Waals surface area (Å²) in [6.07, 6.45) is 0. The molecule has 0 unspecified atom stereocenters. The normalized spacial score (nSPS) is 11.7. The highest BCUT2D eigenvalue weighted by atomic mass is 32.1. The molecule has 5 heteroatoms. The smallest absolute Gasteiger partial charge is 0.143 e. The number of thiazole rings is 1. The van der Waals surface area contributed by atoms with Crippen LogP contribution in [0.2, 0.25) is 0 Å². The van der Waals surface area contributed by atoms with Crippen LogP contribution in [-0.4, -0.2) is 4.98 Å². The fraction of sp³-hybridized carbons (Fsp3) is 0. The van der Waals surface area contributed by atoms with Crippen LogP contribution in [-0.2, 0) is 0 Å². The zero-order valence-electron chi connectivity index (χ0n) is 28.9. The molecule has 54 heavy (non-hydrogen) atoms. The third-order valence-corrected chi connectivity index (χ3v) is 11.4. The molecule has 0 aliphatic heterocycles. The summed E-state index contributed by atoms with van der Waals surface area (Å²) in [5.41, 5.74) is 13.2. The van der Waals surface area contributed by atoms with Crippen LogP contribution in [0.1, 0.15) is 0 Å². The van der Waals surface area contributed by atoms with E-state index >= 15 is 0 Å². The van der Waals surface area contributed by atoms with Gasteiger partial charge in [-0.15, -0.1) is 11.3 Å². The predicted molar refractivity (Wildman–Crippen MR) is 225 cm³/mol. The van der Waals surface area contributed by atoms with Gasteiger partial charge in [0.2, 0.25) is 0 Å². The lowest BCUT2D eigenvalue weighted by atomic mass is 10.0. The van der Waals surface area contributed by atoms with Crippen LogP contribution in [0.15, 0.2) is 191 Å². The number of anilines is 3. The van der Waals surface area contributed by atoms with Gasteiger partial charge >= 0.3 is 0 Å². The molecular formula is C49H30N2O2S. The van der Waals surface area contributed by atoms with Gasteiger partial charge in [0.1, 0.15) is 27.3 Å². The number of rotatable bonds is 6. The number of aromatic nitrogens is 1. The van der Waals surface area contributed by atoms with Crippen molar-refractivity contribution in [3.63, 3.8) is 0 Å². The summed E-state index contributed by atoms with van der Waals surface area (Å²) in [6.45, 7) is 0. The summed E-state index contributed by atoms with van der Waals surface area (Å²) in [4.78, 5) is 7.42. The summed E-state index contributed by atoms with van der Waals surface area (Å²) >= 11 is 1.71. The minimum absolute atomic E-state index is 0.823. The highest BCUT2D eigenvalue weighted by molar-refractivity contribution is 7.21. The molecular weight excluding hydrogens is 681 g/mol. The Kier molecular flexibility index (Phi) is 7.00. The first kappa shape index (κ1) is 30.7. The van der Waals surface area contributed by atoms with Crippen LogP contribution in [0.25, 0.3) is 86.9 Å². The molecule has 0 saturated carbocycles. The second-order valence-electron chi connectivity index (χ2n) is 13.5. The van der Waals surface area contributed by atoms with Gasteiger partial charge in [-0.05, 0) is 71.3 Å². The van der Waals surface area contributed by atoms with E-state index in [-0.39, 0.29) is 0 Å². The van der Waals surface area contributed by atoms with E-state index in [0.717, 1.165) is 92.9 Å². The molecule has 0 saturated heterocycles. The Morgan fingerprint density at radius 2 is 1.07 bits per heavy atom. The van der Waals surface area contributed by atoms with E-state index in [2.05, 4.69) is 163 Å². The van der Waals surface area contributed by atoms with Crippen molar-refractivity contribution in [1.29, 1.82) is 0 Å². The SMILES string of the molecule is c1ccc(-c2ccc(N(c3ccc(-c4cccc5c4oc4ccccc45)cc3)c3ccc4c(c3)oc3ccc5sc(-c6ccccc6)nc5c34)cc2)cc1. The van der Waals surface area contributed by atoms with Gasteiger partial charge in [-0.3, -0.25) is 0 Å². The number of benzene rings is 8. The van der Waals surface area contributed by atoms with Crippen molar-refractivity contribution in [3.05, 3.63) is 182 Å². The van der Waals surface area contributed by atoms with Crippen molar-refractivity contribution in [3.8, 4) is 32.8 Å². The second kappa shape index (κ2) is 12.3. The molecule has 4 nitrogen and oxygen atoms in total. The first-order valence-electron chi connectivity index (χ1n) is 18.0. The zero-order valence-corrected chi connectivity index (χ0v) is 29.8. The lowest BCUT2D eigenvalue weighted by molar-refractivity contribution is 0.669. The molecule has 0 aliphatic carbocycles. The highest BCUT2D eigenvalue weighted by Crippen LogP contribution is 2.43. The number of hydrogen-bond donors (Lipinski definition) is 0. The zero-order chi connectivity index (χ0) is 35.6. The third kappa shape index (κ3) is 5.01. The van der Waals surface area contributed by atoms with Crippen molar-refractivity contribution in [2.24, 2.45) is 0 Å². The molecule has 8 aromatic carbocycles. The quantitative estimate of drug-likeness (QED) is 0.172. The van der Waals surface area contributed by atoms with Crippen LogP contribution in [0.3, 0.4) is 0 Å². The maximum atomic E-state index is 6.59. The number of hydrogen-bond acceptors (Lipinski definition) is 5. The Labute approximate surface area is 314 Å². The summed E-state index contributed by atoms with van der Waals surface area (Å²) in [7, 11) is 0. The van der Waals surface area contributed by atoms with E-state index in [1.807, 2.05) is 24.3 Å². The topological polar surface area (TPSA) is 42.4 Å². The molecule has 0 N–H and O–H groups in total. The molecule has 3 aromatic heterocycles. The van der Waals surface area contributed by atoms with Gasteiger partial charge in [-0.25, -0.2) is 4.98 Å². The number of fused-ring (bicyclic) bond motifs is 8. The van der Waals surface area contributed by atoms with Gasteiger partial charge in [0.05, 0.1) is 15.6 Å². The van der Waals surface area contributed by atoms with E-state index in [0.29, 0.717) is 0 Å².